The van der Waals surface area contributed by atoms with Gasteiger partial charge in [-0.2, -0.15) is 0 Å². The quantitative estimate of drug-likeness (QED) is 0.777. The van der Waals surface area contributed by atoms with Gasteiger partial charge in [0, 0.05) is 5.56 Å². The van der Waals surface area contributed by atoms with E-state index in [1.165, 1.54) is 7.11 Å². The molecule has 0 N–H and O–H groups in total. The van der Waals surface area contributed by atoms with Crippen molar-refractivity contribution in [2.45, 2.75) is 6.92 Å². The Morgan fingerprint density at radius 2 is 1.89 bits per heavy atom. The summed E-state index contributed by atoms with van der Waals surface area (Å²) in [6, 6.07) is 10.8. The van der Waals surface area contributed by atoms with E-state index in [1.807, 2.05) is 31.2 Å². The van der Waals surface area contributed by atoms with Gasteiger partial charge in [-0.05, 0) is 43.3 Å². The Balaban J connectivity index is 2.20. The summed E-state index contributed by atoms with van der Waals surface area (Å²) >= 11 is 0. The van der Waals surface area contributed by atoms with Gasteiger partial charge in [0.15, 0.2) is 0 Å². The molecule has 0 aliphatic carbocycles. The Labute approximate surface area is 105 Å². The third kappa shape index (κ3) is 2.53. The topological polar surface area (TPSA) is 48.7 Å². The van der Waals surface area contributed by atoms with Gasteiger partial charge in [-0.25, -0.2) is 4.79 Å². The fourth-order valence-electron chi connectivity index (χ4n) is 1.59. The molecule has 1 aromatic carbocycles. The summed E-state index contributed by atoms with van der Waals surface area (Å²) in [5.74, 6) is 1.15. The largest absolute Gasteiger partial charge is 0.494 e. The number of esters is 1. The van der Waals surface area contributed by atoms with E-state index in [-0.39, 0.29) is 5.76 Å². The molecule has 0 spiro atoms. The van der Waals surface area contributed by atoms with E-state index >= 15 is 0 Å². The highest BCUT2D eigenvalue weighted by atomic mass is 16.5. The maximum absolute atomic E-state index is 11.3. The lowest BCUT2D eigenvalue weighted by Gasteiger charge is -2.03. The number of benzene rings is 1. The van der Waals surface area contributed by atoms with E-state index in [0.717, 1.165) is 11.3 Å². The molecule has 2 aromatic rings. The molecule has 1 aromatic heterocycles. The Morgan fingerprint density at radius 3 is 2.50 bits per heavy atom. The molecule has 2 rings (SSSR count). The predicted octanol–water partition coefficient (Wildman–Crippen LogP) is 3.13. The van der Waals surface area contributed by atoms with Gasteiger partial charge in [0.2, 0.25) is 5.76 Å². The molecule has 0 fully saturated rings. The SMILES string of the molecule is CCOc1ccc(-c2ccc(C(=O)OC)o2)cc1. The fraction of sp³-hybridized carbons (Fsp3) is 0.214. The third-order valence-electron chi connectivity index (χ3n) is 2.44. The third-order valence-corrected chi connectivity index (χ3v) is 2.44. The highest BCUT2D eigenvalue weighted by Gasteiger charge is 2.11. The van der Waals surface area contributed by atoms with Crippen molar-refractivity contribution in [1.82, 2.24) is 0 Å². The second-order valence-corrected chi connectivity index (χ2v) is 3.61. The zero-order chi connectivity index (χ0) is 13.0. The van der Waals surface area contributed by atoms with E-state index < -0.39 is 5.97 Å². The number of methoxy groups -OCH3 is 1. The normalized spacial score (nSPS) is 10.1. The van der Waals surface area contributed by atoms with Crippen LogP contribution < -0.4 is 4.74 Å². The first-order valence-electron chi connectivity index (χ1n) is 5.66. The molecule has 4 heteroatoms. The summed E-state index contributed by atoms with van der Waals surface area (Å²) in [7, 11) is 1.32. The number of hydrogen-bond acceptors (Lipinski definition) is 4. The monoisotopic (exact) mass is 246 g/mol. The first-order chi connectivity index (χ1) is 8.74. The maximum Gasteiger partial charge on any atom is 0.373 e. The van der Waals surface area contributed by atoms with E-state index in [1.54, 1.807) is 12.1 Å². The first-order valence-corrected chi connectivity index (χ1v) is 5.66. The standard InChI is InChI=1S/C14H14O4/c1-3-17-11-6-4-10(5-7-11)12-8-9-13(18-12)14(15)16-2/h4-9H,3H2,1-2H3. The predicted molar refractivity (Wildman–Crippen MR) is 66.7 cm³/mol. The first kappa shape index (κ1) is 12.2. The molecule has 0 saturated carbocycles. The molecule has 0 amide bonds. The van der Waals surface area contributed by atoms with Crippen LogP contribution in [-0.4, -0.2) is 19.7 Å². The van der Waals surface area contributed by atoms with Crippen molar-refractivity contribution in [2.75, 3.05) is 13.7 Å². The van der Waals surface area contributed by atoms with Crippen molar-refractivity contribution >= 4 is 5.97 Å². The van der Waals surface area contributed by atoms with Gasteiger partial charge < -0.3 is 13.9 Å². The van der Waals surface area contributed by atoms with Gasteiger partial charge in [-0.15, -0.1) is 0 Å². The van der Waals surface area contributed by atoms with Crippen LogP contribution in [0.2, 0.25) is 0 Å². The van der Waals surface area contributed by atoms with Gasteiger partial charge in [0.25, 0.3) is 0 Å². The summed E-state index contributed by atoms with van der Waals surface area (Å²) in [6.45, 7) is 2.57. The van der Waals surface area contributed by atoms with Crippen molar-refractivity contribution in [3.05, 3.63) is 42.2 Å². The van der Waals surface area contributed by atoms with Crippen LogP contribution >= 0.6 is 0 Å². The minimum Gasteiger partial charge on any atom is -0.494 e. The summed E-state index contributed by atoms with van der Waals surface area (Å²) in [4.78, 5) is 11.3. The summed E-state index contributed by atoms with van der Waals surface area (Å²) in [5.41, 5.74) is 0.883. The lowest BCUT2D eigenvalue weighted by Crippen LogP contribution is -1.98. The van der Waals surface area contributed by atoms with Crippen molar-refractivity contribution in [2.24, 2.45) is 0 Å². The number of carbonyl (C=O) groups is 1. The molecule has 0 aliphatic heterocycles. The van der Waals surface area contributed by atoms with Crippen molar-refractivity contribution < 1.29 is 18.7 Å². The number of furan rings is 1. The minimum absolute atomic E-state index is 0.196. The Morgan fingerprint density at radius 1 is 1.17 bits per heavy atom. The van der Waals surface area contributed by atoms with Gasteiger partial charge in [-0.3, -0.25) is 0 Å². The number of hydrogen-bond donors (Lipinski definition) is 0. The van der Waals surface area contributed by atoms with E-state index in [4.69, 9.17) is 9.15 Å². The zero-order valence-electron chi connectivity index (χ0n) is 10.3. The maximum atomic E-state index is 11.3. The zero-order valence-corrected chi connectivity index (χ0v) is 10.3. The molecule has 0 radical (unpaired) electrons. The highest BCUT2D eigenvalue weighted by Crippen LogP contribution is 2.24. The second kappa shape index (κ2) is 5.40. The van der Waals surface area contributed by atoms with Crippen LogP contribution in [0, 0.1) is 0 Å². The summed E-state index contributed by atoms with van der Waals surface area (Å²) < 4.78 is 15.3. The number of carbonyl (C=O) groups excluding carboxylic acids is 1. The molecule has 94 valence electrons. The molecule has 0 saturated heterocycles. The van der Waals surface area contributed by atoms with Crippen LogP contribution in [0.15, 0.2) is 40.8 Å². The smallest absolute Gasteiger partial charge is 0.373 e. The summed E-state index contributed by atoms with van der Waals surface area (Å²) in [6.07, 6.45) is 0. The van der Waals surface area contributed by atoms with Crippen LogP contribution in [0.3, 0.4) is 0 Å². The molecule has 0 bridgehead atoms. The van der Waals surface area contributed by atoms with E-state index in [0.29, 0.717) is 12.4 Å². The lowest BCUT2D eigenvalue weighted by atomic mass is 10.2. The Kier molecular flexibility index (Phi) is 3.67. The number of ether oxygens (including phenoxy) is 2. The van der Waals surface area contributed by atoms with Crippen LogP contribution in [-0.2, 0) is 4.74 Å². The van der Waals surface area contributed by atoms with Crippen molar-refractivity contribution in [3.63, 3.8) is 0 Å². The van der Waals surface area contributed by atoms with Gasteiger partial charge >= 0.3 is 5.97 Å². The molecular formula is C14H14O4. The Hall–Kier alpha value is -2.23. The van der Waals surface area contributed by atoms with Crippen molar-refractivity contribution in [1.29, 1.82) is 0 Å². The molecule has 1 heterocycles. The van der Waals surface area contributed by atoms with Crippen LogP contribution in [0.4, 0.5) is 0 Å². The van der Waals surface area contributed by atoms with E-state index in [9.17, 15) is 4.79 Å². The van der Waals surface area contributed by atoms with Crippen LogP contribution in [0.5, 0.6) is 5.75 Å². The average molecular weight is 246 g/mol. The van der Waals surface area contributed by atoms with Crippen LogP contribution in [0.25, 0.3) is 11.3 Å². The molecule has 18 heavy (non-hydrogen) atoms. The van der Waals surface area contributed by atoms with Gasteiger partial charge in [0.1, 0.15) is 11.5 Å². The molecule has 0 atom stereocenters. The molecule has 0 aliphatic rings. The highest BCUT2D eigenvalue weighted by molar-refractivity contribution is 5.87. The van der Waals surface area contributed by atoms with Crippen LogP contribution in [0.1, 0.15) is 17.5 Å². The summed E-state index contributed by atoms with van der Waals surface area (Å²) in [5, 5.41) is 0. The molecular weight excluding hydrogens is 232 g/mol. The number of rotatable bonds is 4. The second-order valence-electron chi connectivity index (χ2n) is 3.61. The van der Waals surface area contributed by atoms with Crippen molar-refractivity contribution in [3.8, 4) is 17.1 Å². The lowest BCUT2D eigenvalue weighted by molar-refractivity contribution is 0.0566. The average Bonchev–Trinajstić information content (AvgIpc) is 2.89. The molecule has 0 unspecified atom stereocenters. The van der Waals surface area contributed by atoms with Gasteiger partial charge in [0.05, 0.1) is 13.7 Å². The minimum atomic E-state index is -0.479. The van der Waals surface area contributed by atoms with Gasteiger partial charge in [-0.1, -0.05) is 0 Å². The molecule has 4 nitrogen and oxygen atoms in total. The van der Waals surface area contributed by atoms with E-state index in [2.05, 4.69) is 4.74 Å². The fourth-order valence-corrected chi connectivity index (χ4v) is 1.59. The Bertz CT molecular complexity index is 525.